The molecule has 1 N–H and O–H groups in total. The molecule has 0 radical (unpaired) electrons. The summed E-state index contributed by atoms with van der Waals surface area (Å²) >= 11 is 0. The van der Waals surface area contributed by atoms with E-state index in [0.29, 0.717) is 32.5 Å². The van der Waals surface area contributed by atoms with Crippen LogP contribution in [0.4, 0.5) is 0 Å². The summed E-state index contributed by atoms with van der Waals surface area (Å²) in [6.07, 6.45) is 6.54. The van der Waals surface area contributed by atoms with Gasteiger partial charge in [0.15, 0.2) is 0 Å². The van der Waals surface area contributed by atoms with Crippen molar-refractivity contribution in [1.29, 1.82) is 0 Å². The molecule has 1 aliphatic heterocycles. The third kappa shape index (κ3) is 3.52. The van der Waals surface area contributed by atoms with Crippen molar-refractivity contribution >= 4 is 11.8 Å². The lowest BCUT2D eigenvalue weighted by molar-refractivity contribution is -0.154. The maximum atomic E-state index is 12.6. The van der Waals surface area contributed by atoms with Crippen LogP contribution in [-0.4, -0.2) is 47.5 Å². The van der Waals surface area contributed by atoms with Gasteiger partial charge in [-0.05, 0) is 24.5 Å². The second-order valence-electron chi connectivity index (χ2n) is 6.34. The van der Waals surface area contributed by atoms with Crippen LogP contribution in [-0.2, 0) is 20.9 Å². The summed E-state index contributed by atoms with van der Waals surface area (Å²) < 4.78 is 5.57. The summed E-state index contributed by atoms with van der Waals surface area (Å²) in [6, 6.07) is 3.76. The molecule has 0 spiro atoms. The number of ether oxygens (including phenoxy) is 1. The lowest BCUT2D eigenvalue weighted by atomic mass is 9.89. The number of hydrogen-bond donors (Lipinski definition) is 1. The molecule has 1 aromatic heterocycles. The molecule has 1 saturated heterocycles. The SMILES string of the molecule is COC1(C(=O)NCc2cccnc2)CCN(C(=O)C2CC2)CC1. The molecule has 3 rings (SSSR count). The van der Waals surface area contributed by atoms with Crippen LogP contribution in [0, 0.1) is 5.92 Å². The Bertz CT molecular complexity index is 564. The summed E-state index contributed by atoms with van der Waals surface area (Å²) in [5.41, 5.74) is 0.121. The van der Waals surface area contributed by atoms with Crippen molar-refractivity contribution in [1.82, 2.24) is 15.2 Å². The van der Waals surface area contributed by atoms with Crippen LogP contribution in [0.5, 0.6) is 0 Å². The predicted octanol–water partition coefficient (Wildman–Crippen LogP) is 1.12. The number of carbonyl (C=O) groups excluding carboxylic acids is 2. The van der Waals surface area contributed by atoms with Gasteiger partial charge in [0.05, 0.1) is 0 Å². The van der Waals surface area contributed by atoms with E-state index in [2.05, 4.69) is 10.3 Å². The molecule has 1 saturated carbocycles. The first-order valence-electron chi connectivity index (χ1n) is 8.16. The number of nitrogens with zero attached hydrogens (tertiary/aromatic N) is 2. The molecule has 0 atom stereocenters. The van der Waals surface area contributed by atoms with Gasteiger partial charge in [0.1, 0.15) is 5.60 Å². The number of likely N-dealkylation sites (tertiary alicyclic amines) is 1. The third-order valence-electron chi connectivity index (χ3n) is 4.79. The first kappa shape index (κ1) is 15.9. The normalized spacial score (nSPS) is 20.1. The Kier molecular flexibility index (Phi) is 4.61. The molecule has 0 unspecified atom stereocenters. The van der Waals surface area contributed by atoms with Crippen molar-refractivity contribution in [2.45, 2.75) is 37.8 Å². The highest BCUT2D eigenvalue weighted by molar-refractivity contribution is 5.86. The van der Waals surface area contributed by atoms with Gasteiger partial charge in [-0.3, -0.25) is 14.6 Å². The summed E-state index contributed by atoms with van der Waals surface area (Å²) in [7, 11) is 1.57. The van der Waals surface area contributed by atoms with Gasteiger partial charge in [-0.2, -0.15) is 0 Å². The first-order chi connectivity index (χ1) is 11.1. The highest BCUT2D eigenvalue weighted by Gasteiger charge is 2.44. The number of aromatic nitrogens is 1. The number of hydrogen-bond acceptors (Lipinski definition) is 4. The molecule has 6 heteroatoms. The fraction of sp³-hybridized carbons (Fsp3) is 0.588. The fourth-order valence-electron chi connectivity index (χ4n) is 3.05. The minimum Gasteiger partial charge on any atom is -0.368 e. The van der Waals surface area contributed by atoms with Crippen LogP contribution < -0.4 is 5.32 Å². The zero-order valence-corrected chi connectivity index (χ0v) is 13.5. The number of carbonyl (C=O) groups is 2. The number of amides is 2. The smallest absolute Gasteiger partial charge is 0.252 e. The van der Waals surface area contributed by atoms with Crippen LogP contribution in [0.3, 0.4) is 0 Å². The van der Waals surface area contributed by atoms with Gasteiger partial charge in [0, 0.05) is 57.9 Å². The van der Waals surface area contributed by atoms with Crippen molar-refractivity contribution < 1.29 is 14.3 Å². The summed E-state index contributed by atoms with van der Waals surface area (Å²) in [6.45, 7) is 1.61. The summed E-state index contributed by atoms with van der Waals surface area (Å²) in [5, 5.41) is 2.93. The van der Waals surface area contributed by atoms with Gasteiger partial charge in [-0.15, -0.1) is 0 Å². The summed E-state index contributed by atoms with van der Waals surface area (Å²) in [4.78, 5) is 30.6. The van der Waals surface area contributed by atoms with Crippen molar-refractivity contribution in [2.75, 3.05) is 20.2 Å². The zero-order valence-electron chi connectivity index (χ0n) is 13.5. The standard InChI is InChI=1S/C17H23N3O3/c1-23-17(16(22)19-12-13-3-2-8-18-11-13)6-9-20(10-7-17)15(21)14-4-5-14/h2-3,8,11,14H,4-7,9-10,12H2,1H3,(H,19,22). The molecular formula is C17H23N3O3. The molecule has 6 nitrogen and oxygen atoms in total. The molecule has 2 amide bonds. The average Bonchev–Trinajstić information content (AvgIpc) is 3.45. The van der Waals surface area contributed by atoms with E-state index in [9.17, 15) is 9.59 Å². The quantitative estimate of drug-likeness (QED) is 0.883. The highest BCUT2D eigenvalue weighted by Crippen LogP contribution is 2.34. The number of methoxy groups -OCH3 is 1. The van der Waals surface area contributed by atoms with Gasteiger partial charge in [-0.25, -0.2) is 0 Å². The molecule has 0 aromatic carbocycles. The van der Waals surface area contributed by atoms with E-state index in [1.165, 1.54) is 0 Å². The van der Waals surface area contributed by atoms with E-state index in [4.69, 9.17) is 4.74 Å². The van der Waals surface area contributed by atoms with Gasteiger partial charge in [-0.1, -0.05) is 6.07 Å². The molecule has 1 aromatic rings. The Morgan fingerprint density at radius 1 is 1.39 bits per heavy atom. The topological polar surface area (TPSA) is 71.5 Å². The monoisotopic (exact) mass is 317 g/mol. The first-order valence-corrected chi connectivity index (χ1v) is 8.16. The largest absolute Gasteiger partial charge is 0.368 e. The number of piperidine rings is 1. The van der Waals surface area contributed by atoms with Crippen LogP contribution in [0.15, 0.2) is 24.5 Å². The van der Waals surface area contributed by atoms with Crippen LogP contribution in [0.1, 0.15) is 31.2 Å². The Labute approximate surface area is 136 Å². The zero-order chi connectivity index (χ0) is 16.3. The van der Waals surface area contributed by atoms with E-state index in [0.717, 1.165) is 18.4 Å². The number of rotatable bonds is 5. The number of pyridine rings is 1. The molecule has 23 heavy (non-hydrogen) atoms. The Morgan fingerprint density at radius 2 is 2.13 bits per heavy atom. The molecule has 2 fully saturated rings. The number of nitrogens with one attached hydrogen (secondary N) is 1. The molecule has 1 aliphatic carbocycles. The predicted molar refractivity (Wildman–Crippen MR) is 84.4 cm³/mol. The fourth-order valence-corrected chi connectivity index (χ4v) is 3.05. The lowest BCUT2D eigenvalue weighted by Gasteiger charge is -2.39. The van der Waals surface area contributed by atoms with Crippen molar-refractivity contribution in [2.24, 2.45) is 5.92 Å². The van der Waals surface area contributed by atoms with Gasteiger partial charge in [0.2, 0.25) is 5.91 Å². The van der Waals surface area contributed by atoms with Crippen LogP contribution >= 0.6 is 0 Å². The maximum absolute atomic E-state index is 12.6. The minimum absolute atomic E-state index is 0.109. The van der Waals surface area contributed by atoms with Crippen molar-refractivity contribution in [3.8, 4) is 0 Å². The van der Waals surface area contributed by atoms with E-state index < -0.39 is 5.60 Å². The van der Waals surface area contributed by atoms with Crippen LogP contribution in [0.2, 0.25) is 0 Å². The van der Waals surface area contributed by atoms with Crippen molar-refractivity contribution in [3.63, 3.8) is 0 Å². The third-order valence-corrected chi connectivity index (χ3v) is 4.79. The maximum Gasteiger partial charge on any atom is 0.252 e. The van der Waals surface area contributed by atoms with E-state index in [1.807, 2.05) is 17.0 Å². The second kappa shape index (κ2) is 6.66. The van der Waals surface area contributed by atoms with Gasteiger partial charge >= 0.3 is 0 Å². The highest BCUT2D eigenvalue weighted by atomic mass is 16.5. The lowest BCUT2D eigenvalue weighted by Crippen LogP contribution is -2.55. The second-order valence-corrected chi connectivity index (χ2v) is 6.34. The molecule has 124 valence electrons. The molecular weight excluding hydrogens is 294 g/mol. The van der Waals surface area contributed by atoms with E-state index >= 15 is 0 Å². The van der Waals surface area contributed by atoms with E-state index in [1.54, 1.807) is 19.5 Å². The Hall–Kier alpha value is -1.95. The van der Waals surface area contributed by atoms with Crippen molar-refractivity contribution in [3.05, 3.63) is 30.1 Å². The molecule has 0 bridgehead atoms. The van der Waals surface area contributed by atoms with Gasteiger partial charge < -0.3 is 15.0 Å². The van der Waals surface area contributed by atoms with Gasteiger partial charge in [0.25, 0.3) is 5.91 Å². The Balaban J connectivity index is 1.56. The average molecular weight is 317 g/mol. The summed E-state index contributed by atoms with van der Waals surface area (Å²) in [5.74, 6) is 0.359. The van der Waals surface area contributed by atoms with Crippen LogP contribution in [0.25, 0.3) is 0 Å². The van der Waals surface area contributed by atoms with E-state index in [-0.39, 0.29) is 17.7 Å². The molecule has 2 aliphatic rings. The Morgan fingerprint density at radius 3 is 2.70 bits per heavy atom. The molecule has 2 heterocycles. The minimum atomic E-state index is -0.831.